The number of fused-ring (bicyclic) bond motifs is 4. The first-order valence-corrected chi connectivity index (χ1v) is 16.9. The summed E-state index contributed by atoms with van der Waals surface area (Å²) in [4.78, 5) is 17.6. The van der Waals surface area contributed by atoms with Crippen molar-refractivity contribution in [1.29, 1.82) is 0 Å². The fraction of sp³-hybridized carbons (Fsp3) is 0.325. The van der Waals surface area contributed by atoms with Gasteiger partial charge in [-0.2, -0.15) is 5.10 Å². The number of para-hydroxylation sites is 1. The smallest absolute Gasteiger partial charge is 0.352 e. The van der Waals surface area contributed by atoms with E-state index in [-0.39, 0.29) is 0 Å². The van der Waals surface area contributed by atoms with E-state index in [4.69, 9.17) is 14.6 Å². The summed E-state index contributed by atoms with van der Waals surface area (Å²) in [6, 6.07) is 24.2. The largest absolute Gasteiger partial charge is 0.493 e. The van der Waals surface area contributed by atoms with Crippen molar-refractivity contribution in [3.63, 3.8) is 0 Å². The van der Waals surface area contributed by atoms with E-state index >= 15 is 0 Å². The predicted octanol–water partition coefficient (Wildman–Crippen LogP) is 8.88. The number of aryl methyl sites for hydroxylation is 2. The van der Waals surface area contributed by atoms with Crippen molar-refractivity contribution >= 4 is 27.6 Å². The van der Waals surface area contributed by atoms with Crippen molar-refractivity contribution in [2.75, 3.05) is 6.61 Å². The van der Waals surface area contributed by atoms with Crippen LogP contribution < -0.4 is 4.74 Å². The normalized spacial score (nSPS) is 12.5. The zero-order valence-electron chi connectivity index (χ0n) is 28.3. The number of carboxylic acid groups (broad SMARTS) is 1. The predicted molar refractivity (Wildman–Crippen MR) is 191 cm³/mol. The van der Waals surface area contributed by atoms with Gasteiger partial charge in [-0.25, -0.2) is 4.79 Å². The molecule has 0 radical (unpaired) electrons. The highest BCUT2D eigenvalue weighted by molar-refractivity contribution is 6.04. The van der Waals surface area contributed by atoms with E-state index in [0.717, 1.165) is 66.8 Å². The summed E-state index contributed by atoms with van der Waals surface area (Å²) < 4.78 is 16.2. The number of ether oxygens (including phenoxy) is 2. The van der Waals surface area contributed by atoms with Gasteiger partial charge in [0.25, 0.3) is 0 Å². The lowest BCUT2D eigenvalue weighted by Crippen LogP contribution is -2.14. The Bertz CT molecular complexity index is 2050. The molecule has 248 valence electrons. The number of nitrogens with zero attached hydrogens (tertiary/aromatic N) is 4. The number of pyridine rings is 1. The van der Waals surface area contributed by atoms with Crippen LogP contribution in [0.2, 0.25) is 0 Å². The number of hydrogen-bond acceptors (Lipinski definition) is 5. The molecule has 4 heterocycles. The monoisotopic (exact) mass is 644 g/mol. The van der Waals surface area contributed by atoms with E-state index in [0.29, 0.717) is 44.9 Å². The minimum Gasteiger partial charge on any atom is -0.493 e. The fourth-order valence-electron chi connectivity index (χ4n) is 6.73. The van der Waals surface area contributed by atoms with Crippen molar-refractivity contribution in [1.82, 2.24) is 19.3 Å². The Morgan fingerprint density at radius 2 is 1.67 bits per heavy atom. The molecule has 1 N–H and O–H groups in total. The lowest BCUT2D eigenvalue weighted by Gasteiger charge is -2.14. The molecule has 1 aliphatic heterocycles. The van der Waals surface area contributed by atoms with Gasteiger partial charge in [0.2, 0.25) is 0 Å². The average molecular weight is 645 g/mol. The zero-order valence-corrected chi connectivity index (χ0v) is 28.3. The van der Waals surface area contributed by atoms with Crippen LogP contribution in [0.5, 0.6) is 5.75 Å². The van der Waals surface area contributed by atoms with Crippen LogP contribution in [-0.2, 0) is 38.0 Å². The van der Waals surface area contributed by atoms with E-state index in [9.17, 15) is 9.90 Å². The highest BCUT2D eigenvalue weighted by Gasteiger charge is 2.28. The van der Waals surface area contributed by atoms with Crippen molar-refractivity contribution in [3.05, 3.63) is 113 Å². The summed E-state index contributed by atoms with van der Waals surface area (Å²) in [5, 5.41) is 18.6. The molecule has 1 aliphatic rings. The van der Waals surface area contributed by atoms with Crippen LogP contribution in [0.1, 0.15) is 78.2 Å². The number of aromatic nitrogens is 4. The number of carbonyl (C=O) groups is 1. The van der Waals surface area contributed by atoms with Gasteiger partial charge in [0.05, 0.1) is 43.3 Å². The first-order valence-electron chi connectivity index (χ1n) is 16.9. The summed E-state index contributed by atoms with van der Waals surface area (Å²) in [7, 11) is 1.92. The van der Waals surface area contributed by atoms with Gasteiger partial charge in [0.1, 0.15) is 11.4 Å². The first kappa shape index (κ1) is 33.0. The maximum Gasteiger partial charge on any atom is 0.352 e. The summed E-state index contributed by atoms with van der Waals surface area (Å²) in [6.45, 7) is 7.93. The molecule has 0 saturated heterocycles. The number of carboxylic acids is 1. The molecule has 3 aromatic heterocycles. The summed E-state index contributed by atoms with van der Waals surface area (Å²) in [5.41, 5.74) is 7.47. The van der Waals surface area contributed by atoms with Crippen molar-refractivity contribution in [2.24, 2.45) is 7.05 Å². The second-order valence-corrected chi connectivity index (χ2v) is 12.3. The molecule has 8 nitrogen and oxygen atoms in total. The summed E-state index contributed by atoms with van der Waals surface area (Å²) >= 11 is 0. The average Bonchev–Trinajstić information content (AvgIpc) is 3.55. The first-order chi connectivity index (χ1) is 23.4. The van der Waals surface area contributed by atoms with Crippen LogP contribution >= 0.6 is 0 Å². The Balaban J connectivity index is 0.000000749. The van der Waals surface area contributed by atoms with Gasteiger partial charge >= 0.3 is 5.97 Å². The molecule has 0 unspecified atom stereocenters. The molecular weight excluding hydrogens is 600 g/mol. The van der Waals surface area contributed by atoms with E-state index in [1.807, 2.05) is 71.8 Å². The van der Waals surface area contributed by atoms with Gasteiger partial charge < -0.3 is 19.1 Å². The molecule has 0 amide bonds. The summed E-state index contributed by atoms with van der Waals surface area (Å²) in [6.07, 6.45) is 7.04. The van der Waals surface area contributed by atoms with Gasteiger partial charge in [-0.3, -0.25) is 9.67 Å². The molecular formula is C40H44N4O4. The number of hydrogen-bond donors (Lipinski definition) is 1. The molecule has 0 bridgehead atoms. The van der Waals surface area contributed by atoms with Crippen LogP contribution in [0.4, 0.5) is 0 Å². The molecule has 0 fully saturated rings. The molecule has 8 heteroatoms. The van der Waals surface area contributed by atoms with Gasteiger partial charge in [0.15, 0.2) is 0 Å². The second kappa shape index (κ2) is 14.9. The molecule has 7 rings (SSSR count). The lowest BCUT2D eigenvalue weighted by atomic mass is 9.98. The van der Waals surface area contributed by atoms with Crippen molar-refractivity contribution in [2.45, 2.75) is 72.6 Å². The van der Waals surface area contributed by atoms with Crippen LogP contribution in [0.3, 0.4) is 0 Å². The Kier molecular flexibility index (Phi) is 10.2. The lowest BCUT2D eigenvalue weighted by molar-refractivity contribution is 0.0684. The standard InChI is InChI=1S/C35H32N4O4.C5H12/c1-22-32-28-14-6-13-26-27(15-8-18-43-31-16-5-10-23-9-3-4-12-25(23)31)34(35(40)41)39(33(26)28)19-24-11-7-17-36-29(24)20-42-21-30(32)37-38(22)2;1-3-5-4-2/h3-7,9-14,16-17H,8,15,18-21H2,1-2H3,(H,40,41);3-5H2,1-2H3. The van der Waals surface area contributed by atoms with Gasteiger partial charge in [-0.1, -0.05) is 93.8 Å². The number of unbranched alkanes of at least 4 members (excludes halogenated alkanes) is 2. The van der Waals surface area contributed by atoms with Crippen LogP contribution in [-0.4, -0.2) is 37.0 Å². The van der Waals surface area contributed by atoms with Gasteiger partial charge in [-0.15, -0.1) is 0 Å². The zero-order chi connectivity index (χ0) is 33.6. The molecule has 0 spiro atoms. The Morgan fingerprint density at radius 3 is 2.46 bits per heavy atom. The third kappa shape index (κ3) is 6.58. The minimum absolute atomic E-state index is 0.297. The van der Waals surface area contributed by atoms with Crippen molar-refractivity contribution < 1.29 is 19.4 Å². The van der Waals surface area contributed by atoms with Crippen molar-refractivity contribution in [3.8, 4) is 16.9 Å². The molecule has 3 aromatic carbocycles. The second-order valence-electron chi connectivity index (χ2n) is 12.3. The number of aromatic carboxylic acids is 1. The molecule has 0 atom stereocenters. The molecule has 0 saturated carbocycles. The maximum absolute atomic E-state index is 13.0. The Hall–Kier alpha value is -4.95. The minimum atomic E-state index is -0.952. The Labute approximate surface area is 282 Å². The highest BCUT2D eigenvalue weighted by atomic mass is 16.5. The molecule has 6 aromatic rings. The summed E-state index contributed by atoms with van der Waals surface area (Å²) in [5.74, 6) is -0.117. The van der Waals surface area contributed by atoms with E-state index in [1.165, 1.54) is 19.3 Å². The van der Waals surface area contributed by atoms with E-state index in [2.05, 4.69) is 43.1 Å². The van der Waals surface area contributed by atoms with E-state index in [1.54, 1.807) is 6.20 Å². The number of rotatable bonds is 8. The van der Waals surface area contributed by atoms with Crippen LogP contribution in [0, 0.1) is 6.92 Å². The Morgan fingerprint density at radius 1 is 0.917 bits per heavy atom. The van der Waals surface area contributed by atoms with E-state index < -0.39 is 5.97 Å². The maximum atomic E-state index is 13.0. The van der Waals surface area contributed by atoms with Gasteiger partial charge in [-0.05, 0) is 48.4 Å². The topological polar surface area (TPSA) is 91.4 Å². The van der Waals surface area contributed by atoms with Crippen LogP contribution in [0.15, 0.2) is 79.0 Å². The van der Waals surface area contributed by atoms with Crippen LogP contribution in [0.25, 0.3) is 32.8 Å². The SMILES string of the molecule is CCCCC.Cc1c2c(nn1C)COCc1ncccc1Cn1c(C(=O)O)c(CCCOc3cccc4ccccc34)c3cccc-2c31. The fourth-order valence-corrected chi connectivity index (χ4v) is 6.73. The third-order valence-electron chi connectivity index (χ3n) is 9.14. The third-order valence-corrected chi connectivity index (χ3v) is 9.14. The van der Waals surface area contributed by atoms with Gasteiger partial charge in [0, 0.05) is 40.8 Å². The molecule has 48 heavy (non-hydrogen) atoms. The quantitative estimate of drug-likeness (QED) is 0.166. The highest BCUT2D eigenvalue weighted by Crippen LogP contribution is 2.39. The molecule has 0 aliphatic carbocycles. The number of benzene rings is 3.